The van der Waals surface area contributed by atoms with Crippen LogP contribution in [0.3, 0.4) is 0 Å². The Hall–Kier alpha value is -1.58. The Kier molecular flexibility index (Phi) is 4.77. The van der Waals surface area contributed by atoms with Crippen molar-refractivity contribution in [1.29, 1.82) is 0 Å². The summed E-state index contributed by atoms with van der Waals surface area (Å²) in [5.41, 5.74) is 6.28. The van der Waals surface area contributed by atoms with Crippen molar-refractivity contribution in [3.05, 3.63) is 52.5 Å². The highest BCUT2D eigenvalue weighted by Gasteiger charge is 2.01. The summed E-state index contributed by atoms with van der Waals surface area (Å²) in [5, 5.41) is 1.26. The first-order valence-electron chi connectivity index (χ1n) is 5.71. The highest BCUT2D eigenvalue weighted by molar-refractivity contribution is 6.31. The number of nitrogens with two attached hydrogens (primary N) is 1. The normalized spacial score (nSPS) is 10.2. The van der Waals surface area contributed by atoms with E-state index < -0.39 is 0 Å². The monoisotopic (exact) mass is 297 g/mol. The summed E-state index contributed by atoms with van der Waals surface area (Å²) in [6.07, 6.45) is 0. The van der Waals surface area contributed by atoms with E-state index in [9.17, 15) is 0 Å². The Morgan fingerprint density at radius 1 is 0.842 bits per heavy atom. The van der Waals surface area contributed by atoms with Crippen LogP contribution in [0.1, 0.15) is 0 Å². The van der Waals surface area contributed by atoms with Crippen LogP contribution in [-0.4, -0.2) is 13.2 Å². The van der Waals surface area contributed by atoms with Crippen LogP contribution in [0.4, 0.5) is 5.69 Å². The molecule has 0 aliphatic rings. The number of rotatable bonds is 5. The Labute approximate surface area is 121 Å². The summed E-state index contributed by atoms with van der Waals surface area (Å²) in [5.74, 6) is 1.35. The summed E-state index contributed by atoms with van der Waals surface area (Å²) in [4.78, 5) is 0. The van der Waals surface area contributed by atoms with E-state index in [4.69, 9.17) is 38.4 Å². The number of anilines is 1. The fraction of sp³-hybridized carbons (Fsp3) is 0.143. The van der Waals surface area contributed by atoms with Crippen molar-refractivity contribution in [2.45, 2.75) is 0 Å². The molecule has 0 heterocycles. The minimum Gasteiger partial charge on any atom is -0.490 e. The van der Waals surface area contributed by atoms with Gasteiger partial charge in [0.05, 0.1) is 5.69 Å². The van der Waals surface area contributed by atoms with E-state index >= 15 is 0 Å². The van der Waals surface area contributed by atoms with E-state index in [1.54, 1.807) is 42.5 Å². The van der Waals surface area contributed by atoms with Crippen molar-refractivity contribution in [3.63, 3.8) is 0 Å². The molecule has 0 aliphatic carbocycles. The van der Waals surface area contributed by atoms with Gasteiger partial charge in [-0.3, -0.25) is 0 Å². The molecule has 0 fully saturated rings. The topological polar surface area (TPSA) is 44.5 Å². The third-order valence-electron chi connectivity index (χ3n) is 2.40. The Morgan fingerprint density at radius 2 is 1.47 bits per heavy atom. The summed E-state index contributed by atoms with van der Waals surface area (Å²) in [7, 11) is 0. The van der Waals surface area contributed by atoms with Gasteiger partial charge in [-0.05, 0) is 42.5 Å². The zero-order chi connectivity index (χ0) is 13.7. The van der Waals surface area contributed by atoms with Gasteiger partial charge in [0, 0.05) is 10.0 Å². The molecule has 0 radical (unpaired) electrons. The number of hydrogen-bond donors (Lipinski definition) is 1. The summed E-state index contributed by atoms with van der Waals surface area (Å²) in [6.45, 7) is 0.818. The van der Waals surface area contributed by atoms with Gasteiger partial charge in [0.2, 0.25) is 0 Å². The molecule has 100 valence electrons. The second-order valence-corrected chi connectivity index (χ2v) is 4.71. The first-order valence-corrected chi connectivity index (χ1v) is 6.47. The van der Waals surface area contributed by atoms with Crippen LogP contribution < -0.4 is 15.2 Å². The van der Waals surface area contributed by atoms with Crippen LogP contribution in [0.5, 0.6) is 11.5 Å². The minimum atomic E-state index is 0.397. The van der Waals surface area contributed by atoms with Gasteiger partial charge < -0.3 is 15.2 Å². The van der Waals surface area contributed by atoms with Gasteiger partial charge in [0.25, 0.3) is 0 Å². The SMILES string of the molecule is Nc1cc(Cl)ccc1OCCOc1ccc(Cl)cc1. The van der Waals surface area contributed by atoms with Crippen molar-refractivity contribution in [2.24, 2.45) is 0 Å². The van der Waals surface area contributed by atoms with E-state index in [0.717, 1.165) is 5.75 Å². The van der Waals surface area contributed by atoms with Gasteiger partial charge in [0.1, 0.15) is 24.7 Å². The predicted molar refractivity (Wildman–Crippen MR) is 78.3 cm³/mol. The van der Waals surface area contributed by atoms with Gasteiger partial charge in [0.15, 0.2) is 0 Å². The molecular weight excluding hydrogens is 285 g/mol. The third kappa shape index (κ3) is 4.23. The number of ether oxygens (including phenoxy) is 2. The van der Waals surface area contributed by atoms with Gasteiger partial charge >= 0.3 is 0 Å². The van der Waals surface area contributed by atoms with Crippen molar-refractivity contribution in [1.82, 2.24) is 0 Å². The van der Waals surface area contributed by atoms with Crippen LogP contribution in [0.15, 0.2) is 42.5 Å². The number of benzene rings is 2. The van der Waals surface area contributed by atoms with Crippen molar-refractivity contribution in [2.75, 3.05) is 18.9 Å². The lowest BCUT2D eigenvalue weighted by molar-refractivity contribution is 0.218. The molecule has 0 aromatic heterocycles. The van der Waals surface area contributed by atoms with E-state index in [2.05, 4.69) is 0 Å². The lowest BCUT2D eigenvalue weighted by atomic mass is 10.3. The van der Waals surface area contributed by atoms with Crippen molar-refractivity contribution in [3.8, 4) is 11.5 Å². The molecule has 19 heavy (non-hydrogen) atoms. The van der Waals surface area contributed by atoms with Gasteiger partial charge in [-0.1, -0.05) is 23.2 Å². The number of nitrogen functional groups attached to an aromatic ring is 1. The first-order chi connectivity index (χ1) is 9.15. The van der Waals surface area contributed by atoms with Gasteiger partial charge in [-0.25, -0.2) is 0 Å². The average molecular weight is 298 g/mol. The molecule has 0 atom stereocenters. The van der Waals surface area contributed by atoms with E-state index in [1.807, 2.05) is 0 Å². The van der Waals surface area contributed by atoms with Crippen LogP contribution in [0.2, 0.25) is 10.0 Å². The zero-order valence-corrected chi connectivity index (χ0v) is 11.6. The average Bonchev–Trinajstić information content (AvgIpc) is 2.39. The Bertz CT molecular complexity index is 544. The second-order valence-electron chi connectivity index (χ2n) is 3.83. The quantitative estimate of drug-likeness (QED) is 0.669. The minimum absolute atomic E-state index is 0.397. The summed E-state index contributed by atoms with van der Waals surface area (Å²) in [6, 6.07) is 12.3. The van der Waals surface area contributed by atoms with Crippen LogP contribution in [0, 0.1) is 0 Å². The molecule has 5 heteroatoms. The molecule has 3 nitrogen and oxygen atoms in total. The fourth-order valence-electron chi connectivity index (χ4n) is 1.49. The Balaban J connectivity index is 1.79. The zero-order valence-electron chi connectivity index (χ0n) is 10.1. The maximum atomic E-state index is 5.80. The van der Waals surface area contributed by atoms with Crippen LogP contribution >= 0.6 is 23.2 Å². The van der Waals surface area contributed by atoms with E-state index in [1.165, 1.54) is 0 Å². The molecule has 0 amide bonds. The van der Waals surface area contributed by atoms with Gasteiger partial charge in [-0.2, -0.15) is 0 Å². The molecule has 0 aliphatic heterocycles. The molecular formula is C14H13Cl2NO2. The predicted octanol–water partition coefficient (Wildman–Crippen LogP) is 4.03. The maximum absolute atomic E-state index is 5.80. The Morgan fingerprint density at radius 3 is 2.16 bits per heavy atom. The largest absolute Gasteiger partial charge is 0.490 e. The molecule has 0 spiro atoms. The maximum Gasteiger partial charge on any atom is 0.142 e. The molecule has 2 N–H and O–H groups in total. The third-order valence-corrected chi connectivity index (χ3v) is 2.88. The lowest BCUT2D eigenvalue weighted by Crippen LogP contribution is -2.09. The van der Waals surface area contributed by atoms with Crippen molar-refractivity contribution < 1.29 is 9.47 Å². The fourth-order valence-corrected chi connectivity index (χ4v) is 1.80. The molecule has 0 saturated heterocycles. The van der Waals surface area contributed by atoms with E-state index in [0.29, 0.717) is 34.7 Å². The number of hydrogen-bond acceptors (Lipinski definition) is 3. The van der Waals surface area contributed by atoms with Crippen LogP contribution in [-0.2, 0) is 0 Å². The summed E-state index contributed by atoms with van der Waals surface area (Å²) >= 11 is 11.6. The first kappa shape index (κ1) is 13.8. The standard InChI is InChI=1S/C14H13Cl2NO2/c15-10-1-4-12(5-2-10)18-7-8-19-14-6-3-11(16)9-13(14)17/h1-6,9H,7-8,17H2. The highest BCUT2D eigenvalue weighted by atomic mass is 35.5. The van der Waals surface area contributed by atoms with E-state index in [-0.39, 0.29) is 0 Å². The molecule has 0 bridgehead atoms. The summed E-state index contributed by atoms with van der Waals surface area (Å²) < 4.78 is 11.0. The smallest absolute Gasteiger partial charge is 0.142 e. The van der Waals surface area contributed by atoms with Crippen molar-refractivity contribution >= 4 is 28.9 Å². The molecule has 2 rings (SSSR count). The second kappa shape index (κ2) is 6.55. The number of halogens is 2. The highest BCUT2D eigenvalue weighted by Crippen LogP contribution is 2.24. The molecule has 0 saturated carbocycles. The molecule has 2 aromatic carbocycles. The van der Waals surface area contributed by atoms with Crippen LogP contribution in [0.25, 0.3) is 0 Å². The molecule has 2 aromatic rings. The van der Waals surface area contributed by atoms with Gasteiger partial charge in [-0.15, -0.1) is 0 Å². The lowest BCUT2D eigenvalue weighted by Gasteiger charge is -2.10. The molecule has 0 unspecified atom stereocenters.